The lowest BCUT2D eigenvalue weighted by Gasteiger charge is -2.38. The summed E-state index contributed by atoms with van der Waals surface area (Å²) in [7, 11) is 0. The van der Waals surface area contributed by atoms with Gasteiger partial charge in [-0.15, -0.1) is 0 Å². The molecule has 0 spiro atoms. The Morgan fingerprint density at radius 3 is 2.62 bits per heavy atom. The third kappa shape index (κ3) is 2.25. The lowest BCUT2D eigenvalue weighted by atomic mass is 9.85. The third-order valence-corrected chi connectivity index (χ3v) is 3.54. The Balaban J connectivity index is 2.15. The summed E-state index contributed by atoms with van der Waals surface area (Å²) in [5.74, 6) is 0. The predicted molar refractivity (Wildman–Crippen MR) is 64.2 cm³/mol. The Hall–Kier alpha value is -0.930. The van der Waals surface area contributed by atoms with Crippen LogP contribution in [0.4, 0.5) is 0 Å². The lowest BCUT2D eigenvalue weighted by Crippen LogP contribution is -2.42. The van der Waals surface area contributed by atoms with E-state index in [0.717, 1.165) is 43.6 Å². The summed E-state index contributed by atoms with van der Waals surface area (Å²) in [5, 5.41) is 10.6. The number of pyridine rings is 1. The standard InChI is InChI=1S/C13H20N2O/c1-3-15-6-4-13(16,5-7-15)12-8-11(2)9-14-10-12/h8-10,16H,3-7H2,1-2H3. The zero-order valence-corrected chi connectivity index (χ0v) is 10.1. The maximum atomic E-state index is 10.6. The summed E-state index contributed by atoms with van der Waals surface area (Å²) < 4.78 is 0. The molecule has 0 amide bonds. The summed E-state index contributed by atoms with van der Waals surface area (Å²) in [5.41, 5.74) is 1.43. The van der Waals surface area contributed by atoms with Crippen molar-refractivity contribution in [2.24, 2.45) is 0 Å². The van der Waals surface area contributed by atoms with Crippen LogP contribution in [0.5, 0.6) is 0 Å². The van der Waals surface area contributed by atoms with Crippen molar-refractivity contribution in [1.82, 2.24) is 9.88 Å². The molecule has 1 aliphatic rings. The van der Waals surface area contributed by atoms with Gasteiger partial charge in [0, 0.05) is 31.0 Å². The van der Waals surface area contributed by atoms with Gasteiger partial charge in [-0.3, -0.25) is 4.98 Å². The van der Waals surface area contributed by atoms with Gasteiger partial charge < -0.3 is 10.0 Å². The van der Waals surface area contributed by atoms with E-state index in [1.54, 1.807) is 6.20 Å². The van der Waals surface area contributed by atoms with Crippen molar-refractivity contribution in [2.75, 3.05) is 19.6 Å². The van der Waals surface area contributed by atoms with Gasteiger partial charge in [0.05, 0.1) is 5.60 Å². The highest BCUT2D eigenvalue weighted by Gasteiger charge is 2.33. The maximum absolute atomic E-state index is 10.6. The highest BCUT2D eigenvalue weighted by atomic mass is 16.3. The highest BCUT2D eigenvalue weighted by molar-refractivity contribution is 5.23. The van der Waals surface area contributed by atoms with Crippen molar-refractivity contribution < 1.29 is 5.11 Å². The van der Waals surface area contributed by atoms with E-state index in [4.69, 9.17) is 0 Å². The molecule has 88 valence electrons. The van der Waals surface area contributed by atoms with E-state index < -0.39 is 5.60 Å². The fraction of sp³-hybridized carbons (Fsp3) is 0.615. The minimum Gasteiger partial charge on any atom is -0.385 e. The van der Waals surface area contributed by atoms with E-state index in [9.17, 15) is 5.11 Å². The number of likely N-dealkylation sites (tertiary alicyclic amines) is 1. The van der Waals surface area contributed by atoms with Crippen LogP contribution in [0.2, 0.25) is 0 Å². The molecule has 0 aromatic carbocycles. The first-order chi connectivity index (χ1) is 7.64. The average molecular weight is 220 g/mol. The molecule has 2 heterocycles. The number of rotatable bonds is 2. The SMILES string of the molecule is CCN1CCC(O)(c2cncc(C)c2)CC1. The van der Waals surface area contributed by atoms with Crippen molar-refractivity contribution in [3.63, 3.8) is 0 Å². The Morgan fingerprint density at radius 1 is 1.38 bits per heavy atom. The van der Waals surface area contributed by atoms with Crippen LogP contribution in [0.3, 0.4) is 0 Å². The van der Waals surface area contributed by atoms with Crippen LogP contribution >= 0.6 is 0 Å². The van der Waals surface area contributed by atoms with Crippen LogP contribution in [0.15, 0.2) is 18.5 Å². The van der Waals surface area contributed by atoms with Crippen LogP contribution in [-0.4, -0.2) is 34.6 Å². The molecule has 1 saturated heterocycles. The van der Waals surface area contributed by atoms with Gasteiger partial charge in [-0.25, -0.2) is 0 Å². The number of aliphatic hydroxyl groups is 1. The van der Waals surface area contributed by atoms with Gasteiger partial charge in [-0.1, -0.05) is 13.0 Å². The second kappa shape index (κ2) is 4.52. The summed E-state index contributed by atoms with van der Waals surface area (Å²) in [6.07, 6.45) is 5.25. The number of hydrogen-bond acceptors (Lipinski definition) is 3. The molecule has 0 bridgehead atoms. The quantitative estimate of drug-likeness (QED) is 0.824. The zero-order chi connectivity index (χ0) is 11.6. The molecule has 2 rings (SSSR count). The Bertz CT molecular complexity index is 357. The molecule has 16 heavy (non-hydrogen) atoms. The van der Waals surface area contributed by atoms with Crippen LogP contribution in [0.25, 0.3) is 0 Å². The average Bonchev–Trinajstić information content (AvgIpc) is 2.30. The van der Waals surface area contributed by atoms with Gasteiger partial charge in [-0.2, -0.15) is 0 Å². The summed E-state index contributed by atoms with van der Waals surface area (Å²) in [4.78, 5) is 6.54. The molecular formula is C13H20N2O. The van der Waals surface area contributed by atoms with Crippen molar-refractivity contribution in [2.45, 2.75) is 32.3 Å². The van der Waals surface area contributed by atoms with Crippen LogP contribution in [0.1, 0.15) is 30.9 Å². The second-order valence-corrected chi connectivity index (χ2v) is 4.72. The number of nitrogens with zero attached hydrogens (tertiary/aromatic N) is 2. The Labute approximate surface area is 97.1 Å². The fourth-order valence-electron chi connectivity index (χ4n) is 2.34. The van der Waals surface area contributed by atoms with Crippen molar-refractivity contribution in [1.29, 1.82) is 0 Å². The molecule has 1 aromatic heterocycles. The predicted octanol–water partition coefficient (Wildman–Crippen LogP) is 1.69. The zero-order valence-electron chi connectivity index (χ0n) is 10.1. The molecule has 0 saturated carbocycles. The summed E-state index contributed by atoms with van der Waals surface area (Å²) >= 11 is 0. The second-order valence-electron chi connectivity index (χ2n) is 4.72. The molecule has 3 nitrogen and oxygen atoms in total. The van der Waals surface area contributed by atoms with Gasteiger partial charge in [0.1, 0.15) is 0 Å². The highest BCUT2D eigenvalue weighted by Crippen LogP contribution is 2.32. The van der Waals surface area contributed by atoms with E-state index >= 15 is 0 Å². The molecule has 1 aliphatic heterocycles. The van der Waals surface area contributed by atoms with Gasteiger partial charge in [0.2, 0.25) is 0 Å². The first kappa shape index (κ1) is 11.6. The third-order valence-electron chi connectivity index (χ3n) is 3.54. The smallest absolute Gasteiger partial charge is 0.0935 e. The molecule has 3 heteroatoms. The number of aryl methyl sites for hydroxylation is 1. The molecular weight excluding hydrogens is 200 g/mol. The van der Waals surface area contributed by atoms with E-state index in [1.165, 1.54) is 0 Å². The number of piperidine rings is 1. The maximum Gasteiger partial charge on any atom is 0.0935 e. The summed E-state index contributed by atoms with van der Waals surface area (Å²) in [6, 6.07) is 2.05. The largest absolute Gasteiger partial charge is 0.385 e. The van der Waals surface area contributed by atoms with Crippen LogP contribution < -0.4 is 0 Å². The normalized spacial score (nSPS) is 20.9. The van der Waals surface area contributed by atoms with Crippen LogP contribution in [-0.2, 0) is 5.60 Å². The molecule has 1 N–H and O–H groups in total. The van der Waals surface area contributed by atoms with E-state index in [-0.39, 0.29) is 0 Å². The Morgan fingerprint density at radius 2 is 2.06 bits per heavy atom. The number of hydrogen-bond donors (Lipinski definition) is 1. The van der Waals surface area contributed by atoms with Crippen molar-refractivity contribution >= 4 is 0 Å². The fourth-order valence-corrected chi connectivity index (χ4v) is 2.34. The molecule has 0 aliphatic carbocycles. The van der Waals surface area contributed by atoms with Crippen molar-refractivity contribution in [3.8, 4) is 0 Å². The lowest BCUT2D eigenvalue weighted by molar-refractivity contribution is -0.0249. The van der Waals surface area contributed by atoms with Gasteiger partial charge in [0.25, 0.3) is 0 Å². The minimum atomic E-state index is -0.662. The van der Waals surface area contributed by atoms with Crippen molar-refractivity contribution in [3.05, 3.63) is 29.6 Å². The van der Waals surface area contributed by atoms with E-state index in [1.807, 2.05) is 13.1 Å². The van der Waals surface area contributed by atoms with E-state index in [0.29, 0.717) is 0 Å². The molecule has 0 radical (unpaired) electrons. The molecule has 1 fully saturated rings. The molecule has 0 unspecified atom stereocenters. The first-order valence-corrected chi connectivity index (χ1v) is 6.01. The van der Waals surface area contributed by atoms with Gasteiger partial charge >= 0.3 is 0 Å². The first-order valence-electron chi connectivity index (χ1n) is 6.01. The molecule has 0 atom stereocenters. The van der Waals surface area contributed by atoms with Crippen LogP contribution in [0, 0.1) is 6.92 Å². The van der Waals surface area contributed by atoms with Gasteiger partial charge in [-0.05, 0) is 31.9 Å². The summed E-state index contributed by atoms with van der Waals surface area (Å²) in [6.45, 7) is 7.20. The van der Waals surface area contributed by atoms with E-state index in [2.05, 4.69) is 22.9 Å². The Kier molecular flexibility index (Phi) is 3.26. The van der Waals surface area contributed by atoms with Gasteiger partial charge in [0.15, 0.2) is 0 Å². The monoisotopic (exact) mass is 220 g/mol. The topological polar surface area (TPSA) is 36.4 Å². The minimum absolute atomic E-state index is 0.662. The molecule has 1 aromatic rings. The number of aromatic nitrogens is 1.